The number of hydrogen-bond acceptors (Lipinski definition) is 3. The molecule has 1 N–H and O–H groups in total. The minimum atomic E-state index is -0.190. The molecule has 0 aliphatic heterocycles. The van der Waals surface area contributed by atoms with Gasteiger partial charge in [-0.25, -0.2) is 4.98 Å². The molecule has 5 nitrogen and oxygen atoms in total. The Morgan fingerprint density at radius 1 is 1.35 bits per heavy atom. The molecule has 0 amide bonds. The van der Waals surface area contributed by atoms with Gasteiger partial charge in [-0.2, -0.15) is 5.26 Å². The molecule has 2 heterocycles. The van der Waals surface area contributed by atoms with Gasteiger partial charge in [-0.15, -0.1) is 0 Å². The van der Waals surface area contributed by atoms with E-state index in [1.54, 1.807) is 0 Å². The molecule has 3 rings (SSSR count). The van der Waals surface area contributed by atoms with Crippen LogP contribution in [0.3, 0.4) is 0 Å². The fraction of sp³-hybridized carbons (Fsp3) is 0.278. The topological polar surface area (TPSA) is 74.5 Å². The first-order valence-corrected chi connectivity index (χ1v) is 7.67. The van der Waals surface area contributed by atoms with E-state index < -0.39 is 0 Å². The number of aryl methyl sites for hydroxylation is 1. The van der Waals surface area contributed by atoms with Crippen molar-refractivity contribution in [2.24, 2.45) is 5.92 Å². The van der Waals surface area contributed by atoms with Gasteiger partial charge in [0.25, 0.3) is 5.56 Å². The third-order valence-corrected chi connectivity index (χ3v) is 3.89. The molecule has 0 bridgehead atoms. The maximum absolute atomic E-state index is 11.5. The highest BCUT2D eigenvalue weighted by Crippen LogP contribution is 2.26. The number of H-pyrrole nitrogens is 1. The standard InChI is InChI=1S/C18H18N4O/c1-12(2)6-8-22-11-14(10-19)15-9-13(3-4-16(15)22)18-20-7-5-17(23)21-18/h3-5,7,9,11-12H,6,8H2,1-2H3,(H,20,21,23). The van der Waals surface area contributed by atoms with Crippen molar-refractivity contribution >= 4 is 10.9 Å². The Morgan fingerprint density at radius 2 is 2.17 bits per heavy atom. The fourth-order valence-corrected chi connectivity index (χ4v) is 2.63. The number of aromatic nitrogens is 3. The highest BCUT2D eigenvalue weighted by Gasteiger charge is 2.11. The number of fused-ring (bicyclic) bond motifs is 1. The number of aromatic amines is 1. The summed E-state index contributed by atoms with van der Waals surface area (Å²) in [6.45, 7) is 5.26. The lowest BCUT2D eigenvalue weighted by Crippen LogP contribution is -2.05. The van der Waals surface area contributed by atoms with Gasteiger partial charge in [0.1, 0.15) is 11.9 Å². The van der Waals surface area contributed by atoms with Crippen molar-refractivity contribution < 1.29 is 0 Å². The van der Waals surface area contributed by atoms with E-state index in [-0.39, 0.29) is 5.56 Å². The van der Waals surface area contributed by atoms with Crippen LogP contribution in [0.1, 0.15) is 25.8 Å². The average molecular weight is 306 g/mol. The predicted octanol–water partition coefficient (Wildman–Crippen LogP) is 3.31. The second-order valence-corrected chi connectivity index (χ2v) is 6.05. The summed E-state index contributed by atoms with van der Waals surface area (Å²) in [7, 11) is 0. The van der Waals surface area contributed by atoms with Gasteiger partial charge in [0.2, 0.25) is 0 Å². The smallest absolute Gasteiger partial charge is 0.251 e. The highest BCUT2D eigenvalue weighted by atomic mass is 16.1. The fourth-order valence-electron chi connectivity index (χ4n) is 2.63. The van der Waals surface area contributed by atoms with Crippen LogP contribution in [-0.4, -0.2) is 14.5 Å². The molecule has 0 atom stereocenters. The summed E-state index contributed by atoms with van der Waals surface area (Å²) in [5, 5.41) is 10.3. The zero-order valence-electron chi connectivity index (χ0n) is 13.2. The maximum Gasteiger partial charge on any atom is 0.251 e. The molecule has 2 aromatic heterocycles. The van der Waals surface area contributed by atoms with Gasteiger partial charge in [0, 0.05) is 41.5 Å². The van der Waals surface area contributed by atoms with Crippen LogP contribution in [0.15, 0.2) is 41.5 Å². The monoisotopic (exact) mass is 306 g/mol. The summed E-state index contributed by atoms with van der Waals surface area (Å²) in [5.74, 6) is 1.12. The Bertz CT molecular complexity index is 944. The van der Waals surface area contributed by atoms with Crippen LogP contribution < -0.4 is 5.56 Å². The number of nitrogens with zero attached hydrogens (tertiary/aromatic N) is 3. The quantitative estimate of drug-likeness (QED) is 0.803. The van der Waals surface area contributed by atoms with Crippen molar-refractivity contribution in [2.45, 2.75) is 26.8 Å². The SMILES string of the molecule is CC(C)CCn1cc(C#N)c2cc(-c3nccc(=O)[nH]3)ccc21. The van der Waals surface area contributed by atoms with E-state index in [2.05, 4.69) is 34.5 Å². The van der Waals surface area contributed by atoms with E-state index >= 15 is 0 Å². The van der Waals surface area contributed by atoms with Crippen molar-refractivity contribution in [3.05, 3.63) is 52.6 Å². The molecule has 23 heavy (non-hydrogen) atoms. The lowest BCUT2D eigenvalue weighted by molar-refractivity contribution is 0.524. The van der Waals surface area contributed by atoms with E-state index in [0.29, 0.717) is 17.3 Å². The minimum Gasteiger partial charge on any atom is -0.346 e. The Hall–Kier alpha value is -2.87. The molecule has 3 aromatic rings. The number of hydrogen-bond donors (Lipinski definition) is 1. The first-order valence-electron chi connectivity index (χ1n) is 7.67. The summed E-state index contributed by atoms with van der Waals surface area (Å²) < 4.78 is 2.12. The highest BCUT2D eigenvalue weighted by molar-refractivity contribution is 5.89. The van der Waals surface area contributed by atoms with Gasteiger partial charge in [-0.05, 0) is 30.5 Å². The van der Waals surface area contributed by atoms with Crippen molar-refractivity contribution in [2.75, 3.05) is 0 Å². The normalized spacial score (nSPS) is 11.0. The van der Waals surface area contributed by atoms with Gasteiger partial charge < -0.3 is 9.55 Å². The second-order valence-electron chi connectivity index (χ2n) is 6.05. The number of nitriles is 1. The zero-order chi connectivity index (χ0) is 16.4. The molecule has 0 fully saturated rings. The van der Waals surface area contributed by atoms with Gasteiger partial charge in [-0.3, -0.25) is 4.79 Å². The number of rotatable bonds is 4. The Morgan fingerprint density at radius 3 is 2.87 bits per heavy atom. The molecule has 0 spiro atoms. The lowest BCUT2D eigenvalue weighted by atomic mass is 10.1. The molecule has 0 radical (unpaired) electrons. The lowest BCUT2D eigenvalue weighted by Gasteiger charge is -2.08. The zero-order valence-corrected chi connectivity index (χ0v) is 13.2. The molecular formula is C18H18N4O. The minimum absolute atomic E-state index is 0.190. The molecule has 5 heteroatoms. The average Bonchev–Trinajstić information content (AvgIpc) is 2.90. The molecule has 0 aliphatic rings. The molecule has 0 saturated heterocycles. The molecule has 0 unspecified atom stereocenters. The molecule has 0 aliphatic carbocycles. The summed E-state index contributed by atoms with van der Waals surface area (Å²) >= 11 is 0. The Kier molecular flexibility index (Phi) is 3.98. The van der Waals surface area contributed by atoms with Gasteiger partial charge in [0.05, 0.1) is 5.56 Å². The summed E-state index contributed by atoms with van der Waals surface area (Å²) in [5.41, 5.74) is 2.28. The van der Waals surface area contributed by atoms with E-state index in [1.165, 1.54) is 12.3 Å². The van der Waals surface area contributed by atoms with Crippen LogP contribution >= 0.6 is 0 Å². The van der Waals surface area contributed by atoms with E-state index in [4.69, 9.17) is 0 Å². The third kappa shape index (κ3) is 3.02. The van der Waals surface area contributed by atoms with Crippen molar-refractivity contribution in [1.29, 1.82) is 5.26 Å². The molecule has 116 valence electrons. The second kappa shape index (κ2) is 6.09. The first kappa shape index (κ1) is 15.0. The van der Waals surface area contributed by atoms with Gasteiger partial charge in [-0.1, -0.05) is 13.8 Å². The van der Waals surface area contributed by atoms with Crippen LogP contribution in [0.4, 0.5) is 0 Å². The van der Waals surface area contributed by atoms with Crippen LogP contribution in [0, 0.1) is 17.2 Å². The summed E-state index contributed by atoms with van der Waals surface area (Å²) in [6.07, 6.45) is 4.44. The third-order valence-electron chi connectivity index (χ3n) is 3.89. The van der Waals surface area contributed by atoms with Gasteiger partial charge in [0.15, 0.2) is 0 Å². The van der Waals surface area contributed by atoms with Crippen LogP contribution in [0.5, 0.6) is 0 Å². The van der Waals surface area contributed by atoms with Gasteiger partial charge >= 0.3 is 0 Å². The van der Waals surface area contributed by atoms with E-state index in [1.807, 2.05) is 24.4 Å². The molecular weight excluding hydrogens is 288 g/mol. The van der Waals surface area contributed by atoms with Crippen molar-refractivity contribution in [1.82, 2.24) is 14.5 Å². The maximum atomic E-state index is 11.5. The Balaban J connectivity index is 2.09. The molecule has 1 aromatic carbocycles. The molecule has 0 saturated carbocycles. The van der Waals surface area contributed by atoms with E-state index in [9.17, 15) is 10.1 Å². The van der Waals surface area contributed by atoms with Crippen molar-refractivity contribution in [3.8, 4) is 17.5 Å². The largest absolute Gasteiger partial charge is 0.346 e. The van der Waals surface area contributed by atoms with Crippen LogP contribution in [0.2, 0.25) is 0 Å². The number of benzene rings is 1. The predicted molar refractivity (Wildman–Crippen MR) is 90.0 cm³/mol. The first-order chi connectivity index (χ1) is 11.1. The summed E-state index contributed by atoms with van der Waals surface area (Å²) in [6, 6.07) is 9.46. The Labute approximate surface area is 134 Å². The summed E-state index contributed by atoms with van der Waals surface area (Å²) in [4.78, 5) is 18.4. The van der Waals surface area contributed by atoms with E-state index in [0.717, 1.165) is 29.4 Å². The van der Waals surface area contributed by atoms with Crippen LogP contribution in [-0.2, 0) is 6.54 Å². The van der Waals surface area contributed by atoms with Crippen LogP contribution in [0.25, 0.3) is 22.3 Å². The van der Waals surface area contributed by atoms with Crippen molar-refractivity contribution in [3.63, 3.8) is 0 Å². The number of nitrogens with one attached hydrogen (secondary N) is 1.